The molecule has 0 unspecified atom stereocenters. The molecule has 4 saturated carbocycles. The molecule has 0 atom stereocenters. The Kier molecular flexibility index (Phi) is 2.52. The molecule has 0 amide bonds. The summed E-state index contributed by atoms with van der Waals surface area (Å²) in [6.07, 6.45) is 14.8. The van der Waals surface area contributed by atoms with Crippen LogP contribution in [-0.4, -0.2) is 0 Å². The van der Waals surface area contributed by atoms with Gasteiger partial charge < -0.3 is 0 Å². The van der Waals surface area contributed by atoms with Crippen molar-refractivity contribution in [2.75, 3.05) is 0 Å². The highest BCUT2D eigenvalue weighted by atomic mass is 14.5. The van der Waals surface area contributed by atoms with Gasteiger partial charge in [-0.2, -0.15) is 0 Å². The van der Waals surface area contributed by atoms with Crippen molar-refractivity contribution in [3.63, 3.8) is 0 Å². The summed E-state index contributed by atoms with van der Waals surface area (Å²) < 4.78 is 0. The molecule has 0 nitrogen and oxygen atoms in total. The third kappa shape index (κ3) is 1.68. The van der Waals surface area contributed by atoms with E-state index in [9.17, 15) is 0 Å². The Morgan fingerprint density at radius 1 is 0.810 bits per heavy atom. The first-order chi connectivity index (χ1) is 10.2. The molecular weight excluding hydrogens is 252 g/mol. The molecule has 0 N–H and O–H groups in total. The van der Waals surface area contributed by atoms with Crippen LogP contribution in [0.25, 0.3) is 0 Å². The van der Waals surface area contributed by atoms with E-state index in [1.165, 1.54) is 64.2 Å². The van der Waals surface area contributed by atoms with Crippen LogP contribution in [0, 0.1) is 18.8 Å². The first-order valence-corrected chi connectivity index (χ1v) is 9.31. The molecule has 0 aliphatic heterocycles. The Hall–Kier alpha value is -0.780. The van der Waals surface area contributed by atoms with Crippen molar-refractivity contribution in [2.24, 2.45) is 11.8 Å². The maximum atomic E-state index is 2.69. The first kappa shape index (κ1) is 12.7. The van der Waals surface area contributed by atoms with E-state index in [-0.39, 0.29) is 0 Å². The molecule has 0 heteroatoms. The number of hydrogen-bond donors (Lipinski definition) is 0. The van der Waals surface area contributed by atoms with Crippen molar-refractivity contribution in [2.45, 2.75) is 82.0 Å². The summed E-state index contributed by atoms with van der Waals surface area (Å²) >= 11 is 0. The van der Waals surface area contributed by atoms with E-state index < -0.39 is 0 Å². The number of rotatable bonds is 2. The molecular formula is C21H28. The van der Waals surface area contributed by atoms with Gasteiger partial charge in [-0.05, 0) is 110 Å². The van der Waals surface area contributed by atoms with Gasteiger partial charge in [-0.25, -0.2) is 0 Å². The van der Waals surface area contributed by atoms with Gasteiger partial charge in [0.15, 0.2) is 0 Å². The van der Waals surface area contributed by atoms with Crippen molar-refractivity contribution in [3.05, 3.63) is 34.9 Å². The quantitative estimate of drug-likeness (QED) is 0.656. The lowest BCUT2D eigenvalue weighted by molar-refractivity contribution is 0.406. The smallest absolute Gasteiger partial charge is 0.00414 e. The maximum Gasteiger partial charge on any atom is -0.00414 e. The van der Waals surface area contributed by atoms with Gasteiger partial charge in [0.2, 0.25) is 0 Å². The summed E-state index contributed by atoms with van der Waals surface area (Å²) in [7, 11) is 0. The summed E-state index contributed by atoms with van der Waals surface area (Å²) in [6, 6.07) is 7.65. The Labute approximate surface area is 129 Å². The third-order valence-electron chi connectivity index (χ3n) is 7.90. The molecule has 1 aromatic carbocycles. The van der Waals surface area contributed by atoms with Crippen LogP contribution in [0.1, 0.15) is 80.9 Å². The van der Waals surface area contributed by atoms with Crippen LogP contribution in [0.4, 0.5) is 0 Å². The molecule has 4 aliphatic rings. The highest BCUT2D eigenvalue weighted by molar-refractivity contribution is 5.42. The minimum atomic E-state index is 0.581. The molecule has 4 fully saturated rings. The van der Waals surface area contributed by atoms with E-state index in [1.54, 1.807) is 16.7 Å². The zero-order chi connectivity index (χ0) is 14.1. The first-order valence-electron chi connectivity index (χ1n) is 9.31. The van der Waals surface area contributed by atoms with Crippen molar-refractivity contribution >= 4 is 0 Å². The third-order valence-corrected chi connectivity index (χ3v) is 7.90. The van der Waals surface area contributed by atoms with Gasteiger partial charge in [-0.3, -0.25) is 0 Å². The van der Waals surface area contributed by atoms with E-state index >= 15 is 0 Å². The van der Waals surface area contributed by atoms with Gasteiger partial charge in [0, 0.05) is 0 Å². The number of aryl methyl sites for hydroxylation is 1. The predicted octanol–water partition coefficient (Wildman–Crippen LogP) is 5.66. The van der Waals surface area contributed by atoms with Crippen molar-refractivity contribution in [1.29, 1.82) is 0 Å². The van der Waals surface area contributed by atoms with E-state index in [2.05, 4.69) is 25.1 Å². The fourth-order valence-corrected chi connectivity index (χ4v) is 6.69. The summed E-state index contributed by atoms with van der Waals surface area (Å²) in [4.78, 5) is 0. The standard InChI is InChI=1S/C21H28/c1-15-2-3-18(20-8-4-16(13-20)5-9-20)12-19(15)21-10-6-17(14-21)7-11-21/h2-3,12,16-17H,4-11,13-14H2,1H3. The Morgan fingerprint density at radius 3 is 1.90 bits per heavy atom. The van der Waals surface area contributed by atoms with E-state index in [1.807, 2.05) is 0 Å². The number of benzene rings is 1. The van der Waals surface area contributed by atoms with Crippen LogP contribution < -0.4 is 0 Å². The monoisotopic (exact) mass is 280 g/mol. The molecule has 1 aromatic rings. The van der Waals surface area contributed by atoms with E-state index in [0.717, 1.165) is 11.8 Å². The summed E-state index contributed by atoms with van der Waals surface area (Å²) in [5.41, 5.74) is 6.21. The second kappa shape index (κ2) is 4.15. The topological polar surface area (TPSA) is 0 Å². The number of hydrogen-bond acceptors (Lipinski definition) is 0. The molecule has 5 rings (SSSR count). The molecule has 0 spiro atoms. The SMILES string of the molecule is Cc1ccc(C23CCC(CC2)C3)cc1C12CCC(CC1)C2. The highest BCUT2D eigenvalue weighted by Crippen LogP contribution is 2.58. The predicted molar refractivity (Wildman–Crippen MR) is 87.7 cm³/mol. The van der Waals surface area contributed by atoms with Crippen molar-refractivity contribution in [1.82, 2.24) is 0 Å². The summed E-state index contributed by atoms with van der Waals surface area (Å²) in [5, 5.41) is 0. The van der Waals surface area contributed by atoms with E-state index in [4.69, 9.17) is 0 Å². The molecule has 0 saturated heterocycles. The van der Waals surface area contributed by atoms with Crippen LogP contribution in [0.5, 0.6) is 0 Å². The summed E-state index contributed by atoms with van der Waals surface area (Å²) in [5.74, 6) is 2.10. The molecule has 112 valence electrons. The summed E-state index contributed by atoms with van der Waals surface area (Å²) in [6.45, 7) is 2.36. The van der Waals surface area contributed by atoms with Crippen LogP contribution in [0.3, 0.4) is 0 Å². The fourth-order valence-electron chi connectivity index (χ4n) is 6.69. The molecule has 4 aliphatic carbocycles. The van der Waals surface area contributed by atoms with E-state index in [0.29, 0.717) is 10.8 Å². The zero-order valence-corrected chi connectivity index (χ0v) is 13.5. The van der Waals surface area contributed by atoms with Crippen LogP contribution in [0.2, 0.25) is 0 Å². The largest absolute Gasteiger partial charge is 0.0587 e. The molecule has 4 bridgehead atoms. The average molecular weight is 280 g/mol. The molecule has 21 heavy (non-hydrogen) atoms. The molecule has 0 aromatic heterocycles. The molecule has 0 heterocycles. The normalized spacial score (nSPS) is 43.9. The minimum Gasteiger partial charge on any atom is -0.0587 e. The van der Waals surface area contributed by atoms with Crippen LogP contribution in [-0.2, 0) is 10.8 Å². The van der Waals surface area contributed by atoms with Crippen molar-refractivity contribution < 1.29 is 0 Å². The van der Waals surface area contributed by atoms with Gasteiger partial charge in [0.1, 0.15) is 0 Å². The lowest BCUT2D eigenvalue weighted by Gasteiger charge is -2.33. The average Bonchev–Trinajstić information content (AvgIpc) is 3.28. The Morgan fingerprint density at radius 2 is 1.38 bits per heavy atom. The zero-order valence-electron chi connectivity index (χ0n) is 13.5. The van der Waals surface area contributed by atoms with Crippen LogP contribution in [0.15, 0.2) is 18.2 Å². The maximum absolute atomic E-state index is 2.69. The van der Waals surface area contributed by atoms with Gasteiger partial charge in [-0.15, -0.1) is 0 Å². The Bertz CT molecular complexity index is 566. The lowest BCUT2D eigenvalue weighted by Crippen LogP contribution is -2.24. The molecule has 0 radical (unpaired) electrons. The fraction of sp³-hybridized carbons (Fsp3) is 0.714. The Balaban J connectivity index is 1.59. The lowest BCUT2D eigenvalue weighted by atomic mass is 9.71. The van der Waals surface area contributed by atoms with Crippen molar-refractivity contribution in [3.8, 4) is 0 Å². The second-order valence-electron chi connectivity index (χ2n) is 8.89. The second-order valence-corrected chi connectivity index (χ2v) is 8.89. The van der Waals surface area contributed by atoms with Gasteiger partial charge in [-0.1, -0.05) is 18.2 Å². The van der Waals surface area contributed by atoms with Gasteiger partial charge >= 0.3 is 0 Å². The highest BCUT2D eigenvalue weighted by Gasteiger charge is 2.49. The minimum absolute atomic E-state index is 0.581. The van der Waals surface area contributed by atoms with Gasteiger partial charge in [0.05, 0.1) is 0 Å². The van der Waals surface area contributed by atoms with Crippen LogP contribution >= 0.6 is 0 Å². The number of fused-ring (bicyclic) bond motifs is 4. The van der Waals surface area contributed by atoms with Gasteiger partial charge in [0.25, 0.3) is 0 Å².